The number of benzene rings is 1. The molecule has 0 radical (unpaired) electrons. The maximum absolute atomic E-state index is 11.9. The van der Waals surface area contributed by atoms with Crippen molar-refractivity contribution >= 4 is 5.91 Å². The summed E-state index contributed by atoms with van der Waals surface area (Å²) in [6.45, 7) is 2.24. The Morgan fingerprint density at radius 3 is 2.76 bits per heavy atom. The van der Waals surface area contributed by atoms with Crippen LogP contribution in [-0.2, 0) is 11.2 Å². The van der Waals surface area contributed by atoms with Crippen LogP contribution in [0.2, 0.25) is 0 Å². The van der Waals surface area contributed by atoms with E-state index in [2.05, 4.69) is 36.5 Å². The van der Waals surface area contributed by atoms with Gasteiger partial charge in [0, 0.05) is 6.04 Å². The van der Waals surface area contributed by atoms with Gasteiger partial charge in [-0.2, -0.15) is 0 Å². The van der Waals surface area contributed by atoms with Crippen LogP contribution in [-0.4, -0.2) is 11.9 Å². The fourth-order valence-electron chi connectivity index (χ4n) is 3.02. The average molecular weight is 285 g/mol. The molecular weight excluding hydrogens is 258 g/mol. The number of nitrogens with one attached hydrogen (secondary N) is 1. The number of carbonyl (C=O) groups is 1. The van der Waals surface area contributed by atoms with Gasteiger partial charge in [-0.15, -0.1) is 0 Å². The molecule has 2 rings (SSSR count). The van der Waals surface area contributed by atoms with E-state index >= 15 is 0 Å². The predicted molar refractivity (Wildman–Crippen MR) is 88.1 cm³/mol. The maximum Gasteiger partial charge on any atom is 0.243 e. The zero-order valence-corrected chi connectivity index (χ0v) is 13.1. The van der Waals surface area contributed by atoms with Crippen LogP contribution in [0.15, 0.2) is 42.5 Å². The van der Waals surface area contributed by atoms with Crippen molar-refractivity contribution in [1.82, 2.24) is 5.32 Å². The summed E-state index contributed by atoms with van der Waals surface area (Å²) in [5.74, 6) is 0.697. The molecule has 1 aliphatic rings. The van der Waals surface area contributed by atoms with Crippen LogP contribution in [0.3, 0.4) is 0 Å². The van der Waals surface area contributed by atoms with Gasteiger partial charge in [-0.1, -0.05) is 56.2 Å². The summed E-state index contributed by atoms with van der Waals surface area (Å²) < 4.78 is 0. The predicted octanol–water partition coefficient (Wildman–Crippen LogP) is 4.26. The highest BCUT2D eigenvalue weighted by Gasteiger charge is 2.21. The number of hydrogen-bond donors (Lipinski definition) is 1. The van der Waals surface area contributed by atoms with Crippen molar-refractivity contribution in [1.29, 1.82) is 0 Å². The summed E-state index contributed by atoms with van der Waals surface area (Å²) >= 11 is 0. The average Bonchev–Trinajstić information content (AvgIpc) is 2.50. The van der Waals surface area contributed by atoms with Gasteiger partial charge in [0.05, 0.1) is 0 Å². The van der Waals surface area contributed by atoms with Gasteiger partial charge in [0.25, 0.3) is 0 Å². The van der Waals surface area contributed by atoms with E-state index in [4.69, 9.17) is 0 Å². The van der Waals surface area contributed by atoms with Crippen LogP contribution in [0, 0.1) is 5.92 Å². The summed E-state index contributed by atoms with van der Waals surface area (Å²) in [5.41, 5.74) is 1.37. The van der Waals surface area contributed by atoms with E-state index in [9.17, 15) is 4.79 Å². The molecule has 2 unspecified atom stereocenters. The first kappa shape index (κ1) is 15.8. The molecule has 2 heteroatoms. The number of hydrogen-bond acceptors (Lipinski definition) is 1. The van der Waals surface area contributed by atoms with Crippen molar-refractivity contribution in [2.45, 2.75) is 57.9 Å². The van der Waals surface area contributed by atoms with Gasteiger partial charge in [-0.25, -0.2) is 0 Å². The molecule has 114 valence electrons. The highest BCUT2D eigenvalue weighted by atomic mass is 16.1. The van der Waals surface area contributed by atoms with Gasteiger partial charge in [-0.3, -0.25) is 4.79 Å². The molecule has 0 aliphatic heterocycles. The number of allylic oxidation sites excluding steroid dienone is 1. The van der Waals surface area contributed by atoms with Crippen molar-refractivity contribution in [2.24, 2.45) is 5.92 Å². The highest BCUT2D eigenvalue weighted by Crippen LogP contribution is 2.23. The molecule has 2 nitrogen and oxygen atoms in total. The Kier molecular flexibility index (Phi) is 6.52. The van der Waals surface area contributed by atoms with Gasteiger partial charge in [0.15, 0.2) is 0 Å². The van der Waals surface area contributed by atoms with Gasteiger partial charge >= 0.3 is 0 Å². The second-order valence-electron chi connectivity index (χ2n) is 6.16. The fourth-order valence-corrected chi connectivity index (χ4v) is 3.02. The molecule has 0 saturated heterocycles. The van der Waals surface area contributed by atoms with E-state index in [-0.39, 0.29) is 5.91 Å². The Balaban J connectivity index is 1.63. The monoisotopic (exact) mass is 285 g/mol. The first-order valence-electron chi connectivity index (χ1n) is 8.26. The zero-order valence-electron chi connectivity index (χ0n) is 13.1. The molecule has 1 fully saturated rings. The third-order valence-corrected chi connectivity index (χ3v) is 4.39. The second-order valence-corrected chi connectivity index (χ2v) is 6.16. The largest absolute Gasteiger partial charge is 0.350 e. The minimum Gasteiger partial charge on any atom is -0.350 e. The molecule has 0 bridgehead atoms. The van der Waals surface area contributed by atoms with Crippen molar-refractivity contribution in [3.8, 4) is 0 Å². The molecule has 21 heavy (non-hydrogen) atoms. The topological polar surface area (TPSA) is 29.1 Å². The van der Waals surface area contributed by atoms with Crippen molar-refractivity contribution in [3.63, 3.8) is 0 Å². The molecule has 0 aromatic heterocycles. The van der Waals surface area contributed by atoms with Gasteiger partial charge in [0.1, 0.15) is 0 Å². The Labute approximate surface area is 128 Å². The molecule has 1 saturated carbocycles. The normalized spacial score (nSPS) is 22.3. The Morgan fingerprint density at radius 1 is 1.24 bits per heavy atom. The third kappa shape index (κ3) is 5.74. The number of amides is 1. The van der Waals surface area contributed by atoms with Crippen molar-refractivity contribution in [2.75, 3.05) is 0 Å². The maximum atomic E-state index is 11.9. The second kappa shape index (κ2) is 8.66. The summed E-state index contributed by atoms with van der Waals surface area (Å²) in [6, 6.07) is 10.9. The molecular formula is C19H27NO. The number of rotatable bonds is 6. The van der Waals surface area contributed by atoms with E-state index in [0.29, 0.717) is 12.0 Å². The van der Waals surface area contributed by atoms with Crippen LogP contribution < -0.4 is 5.32 Å². The van der Waals surface area contributed by atoms with Crippen LogP contribution in [0.4, 0.5) is 0 Å². The van der Waals surface area contributed by atoms with Crippen LogP contribution in [0.25, 0.3) is 0 Å². The molecule has 1 aliphatic carbocycles. The van der Waals surface area contributed by atoms with Gasteiger partial charge in [0.2, 0.25) is 5.91 Å². The first-order valence-corrected chi connectivity index (χ1v) is 8.26. The van der Waals surface area contributed by atoms with Crippen LogP contribution in [0.1, 0.15) is 51.0 Å². The molecule has 1 aromatic rings. The minimum absolute atomic E-state index is 0.0773. The first-order chi connectivity index (χ1) is 10.3. The zero-order chi connectivity index (χ0) is 14.9. The van der Waals surface area contributed by atoms with E-state index in [0.717, 1.165) is 25.7 Å². The smallest absolute Gasteiger partial charge is 0.243 e. The standard InChI is InChI=1S/C19H27NO/c1-16-10-8-9-14-18(16)20-19(21)15-7-3-6-13-17-11-4-2-5-12-17/h2,4-5,7,11-12,15-16,18H,3,6,8-10,13-14H2,1H3,(H,20,21). The SMILES string of the molecule is CC1CCCCC1NC(=O)C=CCCCc1ccccc1. The molecule has 1 aromatic carbocycles. The quantitative estimate of drug-likeness (QED) is 0.614. The Bertz CT molecular complexity index is 452. The van der Waals surface area contributed by atoms with E-state index in [1.165, 1.54) is 24.8 Å². The minimum atomic E-state index is 0.0773. The lowest BCUT2D eigenvalue weighted by Gasteiger charge is -2.29. The van der Waals surface area contributed by atoms with Crippen LogP contribution >= 0.6 is 0 Å². The van der Waals surface area contributed by atoms with Crippen molar-refractivity contribution < 1.29 is 4.79 Å². The number of carbonyl (C=O) groups excluding carboxylic acids is 1. The molecule has 0 spiro atoms. The Hall–Kier alpha value is -1.57. The lowest BCUT2D eigenvalue weighted by Crippen LogP contribution is -2.40. The lowest BCUT2D eigenvalue weighted by atomic mass is 9.86. The summed E-state index contributed by atoms with van der Waals surface area (Å²) in [6.07, 6.45) is 11.8. The summed E-state index contributed by atoms with van der Waals surface area (Å²) in [5, 5.41) is 3.15. The third-order valence-electron chi connectivity index (χ3n) is 4.39. The van der Waals surface area contributed by atoms with E-state index < -0.39 is 0 Å². The van der Waals surface area contributed by atoms with Gasteiger partial charge < -0.3 is 5.32 Å². The lowest BCUT2D eigenvalue weighted by molar-refractivity contribution is -0.117. The van der Waals surface area contributed by atoms with E-state index in [1.54, 1.807) is 6.08 Å². The summed E-state index contributed by atoms with van der Waals surface area (Å²) in [4.78, 5) is 11.9. The molecule has 1 N–H and O–H groups in total. The van der Waals surface area contributed by atoms with Crippen LogP contribution in [0.5, 0.6) is 0 Å². The van der Waals surface area contributed by atoms with Crippen molar-refractivity contribution in [3.05, 3.63) is 48.0 Å². The highest BCUT2D eigenvalue weighted by molar-refractivity contribution is 5.87. The Morgan fingerprint density at radius 2 is 2.00 bits per heavy atom. The molecule has 0 heterocycles. The molecule has 2 atom stereocenters. The number of aryl methyl sites for hydroxylation is 1. The number of unbranched alkanes of at least 4 members (excludes halogenated alkanes) is 1. The van der Waals surface area contributed by atoms with E-state index in [1.807, 2.05) is 12.1 Å². The molecule has 1 amide bonds. The fraction of sp³-hybridized carbons (Fsp3) is 0.526. The summed E-state index contributed by atoms with van der Waals surface area (Å²) in [7, 11) is 0. The van der Waals surface area contributed by atoms with Gasteiger partial charge in [-0.05, 0) is 49.7 Å².